The maximum absolute atomic E-state index is 9.60. The molecule has 0 fully saturated rings. The summed E-state index contributed by atoms with van der Waals surface area (Å²) in [4.78, 5) is 0. The number of rotatable bonds is 3. The van der Waals surface area contributed by atoms with Crippen LogP contribution < -0.4 is 0 Å². The highest BCUT2D eigenvalue weighted by molar-refractivity contribution is 7.26. The van der Waals surface area contributed by atoms with Gasteiger partial charge in [0.25, 0.3) is 0 Å². The van der Waals surface area contributed by atoms with Gasteiger partial charge in [0, 0.05) is 40.3 Å². The minimum Gasteiger partial charge on any atom is -0.192 e. The highest BCUT2D eigenvalue weighted by atomic mass is 32.1. The van der Waals surface area contributed by atoms with Gasteiger partial charge >= 0.3 is 0 Å². The topological polar surface area (TPSA) is 47.6 Å². The van der Waals surface area contributed by atoms with E-state index in [0.29, 0.717) is 11.1 Å². The summed E-state index contributed by atoms with van der Waals surface area (Å²) in [5.41, 5.74) is 8.03. The van der Waals surface area contributed by atoms with Gasteiger partial charge in [-0.1, -0.05) is 54.6 Å². The second kappa shape index (κ2) is 9.68. The molecule has 42 heavy (non-hydrogen) atoms. The maximum atomic E-state index is 9.60. The fourth-order valence-electron chi connectivity index (χ4n) is 5.93. The van der Waals surface area contributed by atoms with Crippen LogP contribution in [0.15, 0.2) is 121 Å². The third-order valence-electron chi connectivity index (χ3n) is 7.91. The molecule has 4 heteroatoms. The molecule has 2 heterocycles. The van der Waals surface area contributed by atoms with Crippen molar-refractivity contribution in [3.63, 3.8) is 0 Å². The van der Waals surface area contributed by atoms with Crippen molar-refractivity contribution in [1.82, 2.24) is 0 Å². The summed E-state index contributed by atoms with van der Waals surface area (Å²) in [7, 11) is 0. The Bertz CT molecular complexity index is 2450. The van der Waals surface area contributed by atoms with Gasteiger partial charge in [0.1, 0.15) is 0 Å². The van der Waals surface area contributed by atoms with Crippen molar-refractivity contribution >= 4 is 63.0 Å². The van der Waals surface area contributed by atoms with E-state index in [1.165, 1.54) is 40.5 Å². The third kappa shape index (κ3) is 3.98. The molecule has 0 bridgehead atoms. The monoisotopic (exact) mass is 568 g/mol. The zero-order chi connectivity index (χ0) is 28.2. The molecule has 2 aromatic heterocycles. The summed E-state index contributed by atoms with van der Waals surface area (Å²) < 4.78 is 4.94. The van der Waals surface area contributed by atoms with E-state index in [-0.39, 0.29) is 0 Å². The fourth-order valence-corrected chi connectivity index (χ4v) is 8.18. The second-order valence-corrected chi connectivity index (χ2v) is 12.6. The first kappa shape index (κ1) is 24.5. The predicted molar refractivity (Wildman–Crippen MR) is 178 cm³/mol. The summed E-state index contributed by atoms with van der Waals surface area (Å²) in [5.74, 6) is 0. The van der Waals surface area contributed by atoms with E-state index in [0.717, 1.165) is 33.2 Å². The second-order valence-electron chi connectivity index (χ2n) is 10.4. The molecule has 2 nitrogen and oxygen atoms in total. The van der Waals surface area contributed by atoms with Crippen molar-refractivity contribution in [3.8, 4) is 45.5 Å². The van der Waals surface area contributed by atoms with Gasteiger partial charge in [0.05, 0.1) is 23.3 Å². The Morgan fingerprint density at radius 2 is 1.10 bits per heavy atom. The summed E-state index contributed by atoms with van der Waals surface area (Å²) in [6.45, 7) is 0. The van der Waals surface area contributed by atoms with Crippen LogP contribution in [0.3, 0.4) is 0 Å². The summed E-state index contributed by atoms with van der Waals surface area (Å²) in [6, 6.07) is 46.9. The molecular formula is C38H20N2S2. The van der Waals surface area contributed by atoms with E-state index >= 15 is 0 Å². The first-order valence-electron chi connectivity index (χ1n) is 13.6. The van der Waals surface area contributed by atoms with Gasteiger partial charge in [-0.3, -0.25) is 0 Å². The lowest BCUT2D eigenvalue weighted by Crippen LogP contribution is -1.87. The van der Waals surface area contributed by atoms with Crippen molar-refractivity contribution in [2.45, 2.75) is 0 Å². The first-order valence-corrected chi connectivity index (χ1v) is 15.2. The van der Waals surface area contributed by atoms with E-state index in [1.807, 2.05) is 47.7 Å². The van der Waals surface area contributed by atoms with E-state index in [9.17, 15) is 10.5 Å². The molecule has 8 aromatic rings. The average Bonchev–Trinajstić information content (AvgIpc) is 3.62. The Hall–Kier alpha value is -5.26. The SMILES string of the molecule is N#Cc1cccc(-c2cc(-c3ccc4c(c3)sc3ccc(C#N)cc34)cc(-c3cccc4sc5ccccc5c34)c2)c1. The number of fused-ring (bicyclic) bond motifs is 6. The van der Waals surface area contributed by atoms with Gasteiger partial charge in [-0.2, -0.15) is 10.5 Å². The molecule has 6 aromatic carbocycles. The average molecular weight is 569 g/mol. The summed E-state index contributed by atoms with van der Waals surface area (Å²) >= 11 is 3.58. The maximum Gasteiger partial charge on any atom is 0.0991 e. The van der Waals surface area contributed by atoms with Gasteiger partial charge in [-0.15, -0.1) is 22.7 Å². The molecule has 0 radical (unpaired) electrons. The zero-order valence-electron chi connectivity index (χ0n) is 22.3. The van der Waals surface area contributed by atoms with Gasteiger partial charge in [0.15, 0.2) is 0 Å². The van der Waals surface area contributed by atoms with Crippen molar-refractivity contribution in [1.29, 1.82) is 10.5 Å². The van der Waals surface area contributed by atoms with Crippen LogP contribution in [-0.2, 0) is 0 Å². The third-order valence-corrected chi connectivity index (χ3v) is 10.2. The van der Waals surface area contributed by atoms with Crippen LogP contribution in [0.5, 0.6) is 0 Å². The van der Waals surface area contributed by atoms with Gasteiger partial charge < -0.3 is 0 Å². The van der Waals surface area contributed by atoms with E-state index in [4.69, 9.17) is 0 Å². The molecular weight excluding hydrogens is 549 g/mol. The molecule has 0 N–H and O–H groups in total. The highest BCUT2D eigenvalue weighted by Crippen LogP contribution is 2.43. The Morgan fingerprint density at radius 1 is 0.405 bits per heavy atom. The molecule has 0 unspecified atom stereocenters. The van der Waals surface area contributed by atoms with Gasteiger partial charge in [0.2, 0.25) is 0 Å². The van der Waals surface area contributed by atoms with Crippen molar-refractivity contribution in [2.24, 2.45) is 0 Å². The summed E-state index contributed by atoms with van der Waals surface area (Å²) in [6.07, 6.45) is 0. The molecule has 0 atom stereocenters. The Labute approximate surface area is 250 Å². The van der Waals surface area contributed by atoms with Crippen LogP contribution in [0.4, 0.5) is 0 Å². The van der Waals surface area contributed by atoms with Crippen molar-refractivity contribution in [2.75, 3.05) is 0 Å². The van der Waals surface area contributed by atoms with E-state index in [1.54, 1.807) is 11.3 Å². The quantitative estimate of drug-likeness (QED) is 0.213. The van der Waals surface area contributed by atoms with Crippen LogP contribution in [0, 0.1) is 22.7 Å². The van der Waals surface area contributed by atoms with Crippen molar-refractivity contribution < 1.29 is 0 Å². The van der Waals surface area contributed by atoms with E-state index in [2.05, 4.69) is 97.1 Å². The number of nitrogens with zero attached hydrogens (tertiary/aromatic N) is 2. The molecule has 8 rings (SSSR count). The lowest BCUT2D eigenvalue weighted by atomic mass is 9.91. The number of hydrogen-bond acceptors (Lipinski definition) is 4. The van der Waals surface area contributed by atoms with Crippen LogP contribution in [0.25, 0.3) is 73.7 Å². The van der Waals surface area contributed by atoms with Crippen LogP contribution >= 0.6 is 22.7 Å². The fraction of sp³-hybridized carbons (Fsp3) is 0. The molecule has 194 valence electrons. The Balaban J connectivity index is 1.38. The smallest absolute Gasteiger partial charge is 0.0991 e. The lowest BCUT2D eigenvalue weighted by molar-refractivity contribution is 1.48. The first-order chi connectivity index (χ1) is 20.7. The lowest BCUT2D eigenvalue weighted by Gasteiger charge is -2.13. The molecule has 0 aliphatic carbocycles. The minimum atomic E-state index is 0.647. The van der Waals surface area contributed by atoms with Gasteiger partial charge in [-0.25, -0.2) is 0 Å². The Morgan fingerprint density at radius 3 is 1.95 bits per heavy atom. The normalized spacial score (nSPS) is 11.3. The molecule has 0 aliphatic heterocycles. The summed E-state index contributed by atoms with van der Waals surface area (Å²) in [5, 5.41) is 23.9. The highest BCUT2D eigenvalue weighted by Gasteiger charge is 2.15. The molecule has 0 aliphatic rings. The van der Waals surface area contributed by atoms with Crippen molar-refractivity contribution in [3.05, 3.63) is 132 Å². The van der Waals surface area contributed by atoms with Crippen LogP contribution in [0.1, 0.15) is 11.1 Å². The predicted octanol–water partition coefficient (Wildman–Crippen LogP) is 11.2. The Kier molecular flexibility index (Phi) is 5.66. The van der Waals surface area contributed by atoms with Crippen LogP contribution in [-0.4, -0.2) is 0 Å². The largest absolute Gasteiger partial charge is 0.192 e. The van der Waals surface area contributed by atoms with Crippen LogP contribution in [0.2, 0.25) is 0 Å². The molecule has 0 spiro atoms. The minimum absolute atomic E-state index is 0.647. The standard InChI is InChI=1S/C38H20N2S2/c39-21-23-5-3-6-25(15-23)27-17-28(26-12-13-31-33-16-24(22-40)11-14-35(33)42-37(31)20-26)19-29(18-27)30-8-4-10-36-38(30)32-7-1-2-9-34(32)41-36/h1-20H. The number of nitriles is 2. The van der Waals surface area contributed by atoms with E-state index < -0.39 is 0 Å². The molecule has 0 saturated heterocycles. The van der Waals surface area contributed by atoms with Gasteiger partial charge in [-0.05, 0) is 100 Å². The molecule has 0 saturated carbocycles. The number of thiophene rings is 2. The molecule has 0 amide bonds. The number of benzene rings is 6. The zero-order valence-corrected chi connectivity index (χ0v) is 23.9. The number of hydrogen-bond donors (Lipinski definition) is 0.